The van der Waals surface area contributed by atoms with E-state index in [1.54, 1.807) is 0 Å². The Balaban J connectivity index is 2.74. The van der Waals surface area contributed by atoms with Gasteiger partial charge in [-0.2, -0.15) is 10.4 Å². The highest BCUT2D eigenvalue weighted by Gasteiger charge is 2.17. The Morgan fingerprint density at radius 2 is 2.11 bits per heavy atom. The summed E-state index contributed by atoms with van der Waals surface area (Å²) >= 11 is 0. The number of nitriles is 1. The molecule has 98 valence electrons. The van der Waals surface area contributed by atoms with E-state index in [0.29, 0.717) is 23.7 Å². The molecule has 5 nitrogen and oxygen atoms in total. The van der Waals surface area contributed by atoms with Gasteiger partial charge in [-0.25, -0.2) is 0 Å². The van der Waals surface area contributed by atoms with Gasteiger partial charge in [0.1, 0.15) is 11.6 Å². The van der Waals surface area contributed by atoms with Crippen LogP contribution in [0.4, 0.5) is 5.82 Å². The maximum atomic E-state index is 11.7. The van der Waals surface area contributed by atoms with Crippen molar-refractivity contribution in [2.45, 2.75) is 46.5 Å². The van der Waals surface area contributed by atoms with Crippen LogP contribution in [-0.4, -0.2) is 16.1 Å². The van der Waals surface area contributed by atoms with Crippen LogP contribution in [0.3, 0.4) is 0 Å². The van der Waals surface area contributed by atoms with Gasteiger partial charge in [-0.05, 0) is 18.3 Å². The van der Waals surface area contributed by atoms with Gasteiger partial charge in [0, 0.05) is 6.42 Å². The first-order valence-electron chi connectivity index (χ1n) is 6.23. The van der Waals surface area contributed by atoms with Gasteiger partial charge in [0.05, 0.1) is 5.69 Å². The second-order valence-electron chi connectivity index (χ2n) is 5.11. The number of H-pyrrole nitrogens is 1. The van der Waals surface area contributed by atoms with Crippen LogP contribution in [-0.2, 0) is 4.79 Å². The summed E-state index contributed by atoms with van der Waals surface area (Å²) in [6, 6.07) is 2.09. The minimum Gasteiger partial charge on any atom is -0.308 e. The lowest BCUT2D eigenvalue weighted by atomic mass is 10.1. The maximum Gasteiger partial charge on any atom is 0.225 e. The molecule has 0 aromatic carbocycles. The van der Waals surface area contributed by atoms with E-state index in [0.717, 1.165) is 12.1 Å². The van der Waals surface area contributed by atoms with Crippen LogP contribution in [0.25, 0.3) is 0 Å². The molecule has 0 spiro atoms. The molecule has 0 fully saturated rings. The first kappa shape index (κ1) is 14.2. The van der Waals surface area contributed by atoms with Crippen LogP contribution in [0.5, 0.6) is 0 Å². The summed E-state index contributed by atoms with van der Waals surface area (Å²) < 4.78 is 0. The van der Waals surface area contributed by atoms with Crippen molar-refractivity contribution in [3.8, 4) is 6.07 Å². The summed E-state index contributed by atoms with van der Waals surface area (Å²) in [5, 5.41) is 18.6. The average Bonchev–Trinajstić information content (AvgIpc) is 2.69. The van der Waals surface area contributed by atoms with Crippen LogP contribution in [0.1, 0.15) is 57.7 Å². The summed E-state index contributed by atoms with van der Waals surface area (Å²) in [7, 11) is 0. The number of amides is 1. The summed E-state index contributed by atoms with van der Waals surface area (Å²) in [5.74, 6) is 0.905. The Bertz CT molecular complexity index is 454. The van der Waals surface area contributed by atoms with Gasteiger partial charge in [0.25, 0.3) is 0 Å². The van der Waals surface area contributed by atoms with Gasteiger partial charge in [-0.1, -0.05) is 27.7 Å². The molecule has 0 atom stereocenters. The molecule has 1 aromatic heterocycles. The van der Waals surface area contributed by atoms with Crippen molar-refractivity contribution in [1.29, 1.82) is 5.26 Å². The SMILES string of the molecule is CC(C)CCC(=O)Nc1n[nH]c(C(C)C)c1C#N. The van der Waals surface area contributed by atoms with Gasteiger partial charge >= 0.3 is 0 Å². The van der Waals surface area contributed by atoms with Gasteiger partial charge in [-0.3, -0.25) is 9.89 Å². The average molecular weight is 248 g/mol. The highest BCUT2D eigenvalue weighted by molar-refractivity contribution is 5.91. The molecule has 1 heterocycles. The number of aromatic nitrogens is 2. The molecule has 0 saturated carbocycles. The second-order valence-corrected chi connectivity index (χ2v) is 5.11. The molecule has 1 amide bonds. The minimum atomic E-state index is -0.0954. The highest BCUT2D eigenvalue weighted by atomic mass is 16.1. The summed E-state index contributed by atoms with van der Waals surface area (Å²) in [6.07, 6.45) is 1.28. The first-order valence-corrected chi connectivity index (χ1v) is 6.23. The van der Waals surface area contributed by atoms with Crippen molar-refractivity contribution in [2.24, 2.45) is 5.92 Å². The maximum absolute atomic E-state index is 11.7. The summed E-state index contributed by atoms with van der Waals surface area (Å²) in [6.45, 7) is 8.08. The largest absolute Gasteiger partial charge is 0.308 e. The number of rotatable bonds is 5. The Hall–Kier alpha value is -1.83. The van der Waals surface area contributed by atoms with E-state index >= 15 is 0 Å². The van der Waals surface area contributed by atoms with Crippen LogP contribution >= 0.6 is 0 Å². The number of nitrogens with one attached hydrogen (secondary N) is 2. The van der Waals surface area contributed by atoms with Crippen molar-refractivity contribution in [2.75, 3.05) is 5.32 Å². The molecular formula is C13H20N4O. The molecule has 5 heteroatoms. The number of anilines is 1. The summed E-state index contributed by atoms with van der Waals surface area (Å²) in [4.78, 5) is 11.7. The van der Waals surface area contributed by atoms with Crippen molar-refractivity contribution in [3.05, 3.63) is 11.3 Å². The van der Waals surface area contributed by atoms with Gasteiger partial charge in [-0.15, -0.1) is 0 Å². The normalized spacial score (nSPS) is 10.7. The topological polar surface area (TPSA) is 81.6 Å². The quantitative estimate of drug-likeness (QED) is 0.840. The fraction of sp³-hybridized carbons (Fsp3) is 0.615. The van der Waals surface area contributed by atoms with E-state index < -0.39 is 0 Å². The van der Waals surface area contributed by atoms with E-state index in [1.165, 1.54) is 0 Å². The third-order valence-electron chi connectivity index (χ3n) is 2.69. The predicted octanol–water partition coefficient (Wildman–Crippen LogP) is 2.78. The summed E-state index contributed by atoms with van der Waals surface area (Å²) in [5.41, 5.74) is 1.19. The first-order chi connectivity index (χ1) is 8.45. The molecule has 0 aliphatic carbocycles. The van der Waals surface area contributed by atoms with E-state index in [9.17, 15) is 4.79 Å². The van der Waals surface area contributed by atoms with Crippen LogP contribution in [0, 0.1) is 17.2 Å². The lowest BCUT2D eigenvalue weighted by Gasteiger charge is -2.05. The molecule has 1 rings (SSSR count). The van der Waals surface area contributed by atoms with Crippen molar-refractivity contribution in [3.63, 3.8) is 0 Å². The van der Waals surface area contributed by atoms with Crippen LogP contribution in [0.2, 0.25) is 0 Å². The van der Waals surface area contributed by atoms with Gasteiger partial charge < -0.3 is 5.32 Å². The number of carbonyl (C=O) groups excluding carboxylic acids is 1. The molecule has 0 aliphatic heterocycles. The molecule has 0 bridgehead atoms. The third kappa shape index (κ3) is 3.59. The molecule has 18 heavy (non-hydrogen) atoms. The van der Waals surface area contributed by atoms with Crippen LogP contribution in [0.15, 0.2) is 0 Å². The molecular weight excluding hydrogens is 228 g/mol. The number of hydrogen-bond donors (Lipinski definition) is 2. The highest BCUT2D eigenvalue weighted by Crippen LogP contribution is 2.22. The smallest absolute Gasteiger partial charge is 0.225 e. The van der Waals surface area contributed by atoms with E-state index in [4.69, 9.17) is 5.26 Å². The van der Waals surface area contributed by atoms with Gasteiger partial charge in [0.2, 0.25) is 5.91 Å². The number of aromatic amines is 1. The number of nitrogens with zero attached hydrogens (tertiary/aromatic N) is 2. The Morgan fingerprint density at radius 3 is 2.61 bits per heavy atom. The predicted molar refractivity (Wildman–Crippen MR) is 70.1 cm³/mol. The van der Waals surface area contributed by atoms with Crippen LogP contribution < -0.4 is 5.32 Å². The fourth-order valence-electron chi connectivity index (χ4n) is 1.59. The van der Waals surface area contributed by atoms with E-state index in [2.05, 4.69) is 35.4 Å². The third-order valence-corrected chi connectivity index (χ3v) is 2.69. The van der Waals surface area contributed by atoms with Crippen molar-refractivity contribution < 1.29 is 4.79 Å². The second kappa shape index (κ2) is 6.20. The fourth-order valence-corrected chi connectivity index (χ4v) is 1.59. The van der Waals surface area contributed by atoms with Gasteiger partial charge in [0.15, 0.2) is 5.82 Å². The molecule has 0 radical (unpaired) electrons. The lowest BCUT2D eigenvalue weighted by Crippen LogP contribution is -2.13. The Kier molecular flexibility index (Phi) is 4.90. The lowest BCUT2D eigenvalue weighted by molar-refractivity contribution is -0.116. The molecule has 0 saturated heterocycles. The monoisotopic (exact) mass is 248 g/mol. The minimum absolute atomic E-state index is 0.0954. The van der Waals surface area contributed by atoms with E-state index in [-0.39, 0.29) is 11.8 Å². The number of carbonyl (C=O) groups is 1. The molecule has 2 N–H and O–H groups in total. The van der Waals surface area contributed by atoms with E-state index in [1.807, 2.05) is 13.8 Å². The Morgan fingerprint density at radius 1 is 1.44 bits per heavy atom. The molecule has 0 unspecified atom stereocenters. The Labute approximate surface area is 108 Å². The molecule has 0 aliphatic rings. The molecule has 1 aromatic rings. The zero-order valence-electron chi connectivity index (χ0n) is 11.4. The zero-order valence-corrected chi connectivity index (χ0v) is 11.4. The zero-order chi connectivity index (χ0) is 13.7. The van der Waals surface area contributed by atoms with Crippen molar-refractivity contribution in [1.82, 2.24) is 10.2 Å². The number of hydrogen-bond acceptors (Lipinski definition) is 3. The standard InChI is InChI=1S/C13H20N4O/c1-8(2)5-6-11(18)15-13-10(7-14)12(9(3)4)16-17-13/h8-9H,5-6H2,1-4H3,(H2,15,16,17,18). The van der Waals surface area contributed by atoms with Crippen molar-refractivity contribution >= 4 is 11.7 Å².